The molecule has 1 unspecified atom stereocenters. The Labute approximate surface area is 144 Å². The van der Waals surface area contributed by atoms with E-state index < -0.39 is 11.0 Å². The van der Waals surface area contributed by atoms with Crippen LogP contribution in [0.5, 0.6) is 0 Å². The van der Waals surface area contributed by atoms with Crippen molar-refractivity contribution < 1.29 is 4.21 Å². The van der Waals surface area contributed by atoms with Gasteiger partial charge in [0.2, 0.25) is 0 Å². The van der Waals surface area contributed by atoms with Crippen LogP contribution in [0.15, 0.2) is 35.4 Å². The van der Waals surface area contributed by atoms with E-state index in [1.54, 1.807) is 6.20 Å². The number of nitrogens with zero attached hydrogens (tertiary/aromatic N) is 3. The molecule has 23 heavy (non-hydrogen) atoms. The van der Waals surface area contributed by atoms with Gasteiger partial charge in [0.05, 0.1) is 4.90 Å². The molecule has 4 nitrogen and oxygen atoms in total. The third kappa shape index (κ3) is 2.80. The fraction of sp³-hybridized carbons (Fsp3) is 0.471. The molecule has 2 heterocycles. The van der Waals surface area contributed by atoms with Crippen LogP contribution in [0, 0.1) is 0 Å². The van der Waals surface area contributed by atoms with Crippen LogP contribution in [0.4, 0.5) is 0 Å². The van der Waals surface area contributed by atoms with Gasteiger partial charge in [0.15, 0.2) is 0 Å². The van der Waals surface area contributed by atoms with Gasteiger partial charge >= 0.3 is 0 Å². The first-order valence-corrected chi connectivity index (χ1v) is 9.52. The third-order valence-electron chi connectivity index (χ3n) is 5.11. The van der Waals surface area contributed by atoms with Crippen LogP contribution < -0.4 is 0 Å². The zero-order chi connectivity index (χ0) is 16.0. The first-order valence-electron chi connectivity index (χ1n) is 8.04. The Bertz CT molecular complexity index is 770. The summed E-state index contributed by atoms with van der Waals surface area (Å²) < 4.78 is 15.1. The molecule has 6 heteroatoms. The summed E-state index contributed by atoms with van der Waals surface area (Å²) in [6.07, 6.45) is 4.25. The van der Waals surface area contributed by atoms with Gasteiger partial charge in [-0.3, -0.25) is 4.90 Å². The summed E-state index contributed by atoms with van der Waals surface area (Å²) in [6, 6.07) is 7.78. The number of hydrogen-bond donors (Lipinski definition) is 0. The van der Waals surface area contributed by atoms with Crippen LogP contribution >= 0.6 is 11.6 Å². The fourth-order valence-corrected chi connectivity index (χ4v) is 4.80. The van der Waals surface area contributed by atoms with Crippen molar-refractivity contribution in [3.63, 3.8) is 0 Å². The summed E-state index contributed by atoms with van der Waals surface area (Å²) in [7, 11) is -1.19. The highest BCUT2D eigenvalue weighted by Gasteiger charge is 2.44. The molecule has 122 valence electrons. The number of hydrogen-bond acceptors (Lipinski definition) is 3. The van der Waals surface area contributed by atoms with Crippen molar-refractivity contribution in [1.82, 2.24) is 14.2 Å². The van der Waals surface area contributed by atoms with Gasteiger partial charge in [-0.2, -0.15) is 0 Å². The van der Waals surface area contributed by atoms with Crippen LogP contribution in [-0.2, 0) is 11.0 Å². The molecule has 2 fully saturated rings. The van der Waals surface area contributed by atoms with Gasteiger partial charge in [-0.15, -0.1) is 0 Å². The zero-order valence-corrected chi connectivity index (χ0v) is 14.7. The quantitative estimate of drug-likeness (QED) is 0.799. The maximum atomic E-state index is 13.0. The topological polar surface area (TPSA) is 36.4 Å². The van der Waals surface area contributed by atoms with Crippen molar-refractivity contribution in [3.8, 4) is 0 Å². The van der Waals surface area contributed by atoms with Crippen LogP contribution in [0.2, 0.25) is 5.15 Å². The Kier molecular flexibility index (Phi) is 3.92. The summed E-state index contributed by atoms with van der Waals surface area (Å²) in [5.41, 5.74) is 0.405. The molecule has 1 saturated heterocycles. The monoisotopic (exact) mass is 349 g/mol. The van der Waals surface area contributed by atoms with Crippen molar-refractivity contribution in [2.75, 3.05) is 26.2 Å². The molecule has 2 aliphatic rings. The van der Waals surface area contributed by atoms with Gasteiger partial charge in [0.1, 0.15) is 16.1 Å². The van der Waals surface area contributed by atoms with Crippen LogP contribution in [0.3, 0.4) is 0 Å². The molecule has 0 radical (unpaired) electrons. The number of halogens is 1. The minimum Gasteiger partial charge on any atom is -0.295 e. The van der Waals surface area contributed by atoms with Gasteiger partial charge in [-0.25, -0.2) is 13.5 Å². The van der Waals surface area contributed by atoms with Crippen molar-refractivity contribution in [1.29, 1.82) is 0 Å². The maximum Gasteiger partial charge on any atom is 0.136 e. The predicted octanol–water partition coefficient (Wildman–Crippen LogP) is 3.08. The van der Waals surface area contributed by atoms with E-state index in [9.17, 15) is 4.21 Å². The lowest BCUT2D eigenvalue weighted by Gasteiger charge is -2.37. The molecule has 1 aromatic heterocycles. The highest BCUT2D eigenvalue weighted by Crippen LogP contribution is 2.41. The molecule has 0 bridgehead atoms. The van der Waals surface area contributed by atoms with Crippen molar-refractivity contribution >= 4 is 33.4 Å². The normalized spacial score (nSPS) is 23.0. The average molecular weight is 350 g/mol. The van der Waals surface area contributed by atoms with E-state index in [1.807, 2.05) is 24.3 Å². The van der Waals surface area contributed by atoms with E-state index in [4.69, 9.17) is 11.6 Å². The number of benzene rings is 1. The Morgan fingerprint density at radius 2 is 1.78 bits per heavy atom. The average Bonchev–Trinajstić information content (AvgIpc) is 3.34. The van der Waals surface area contributed by atoms with E-state index >= 15 is 0 Å². The number of fused-ring (bicyclic) bond motifs is 1. The van der Waals surface area contributed by atoms with Gasteiger partial charge in [-0.05, 0) is 19.8 Å². The molecular formula is C17H20ClN3OS. The van der Waals surface area contributed by atoms with Gasteiger partial charge in [-0.1, -0.05) is 35.9 Å². The second kappa shape index (κ2) is 5.81. The van der Waals surface area contributed by atoms with E-state index in [1.165, 1.54) is 12.8 Å². The van der Waals surface area contributed by atoms with E-state index in [0.29, 0.717) is 10.7 Å². The Hall–Kier alpha value is -1.01. The number of rotatable bonds is 3. The van der Waals surface area contributed by atoms with Crippen molar-refractivity contribution in [2.45, 2.75) is 30.2 Å². The minimum absolute atomic E-state index is 0.405. The summed E-state index contributed by atoms with van der Waals surface area (Å²) in [4.78, 5) is 7.52. The smallest absolute Gasteiger partial charge is 0.136 e. The van der Waals surface area contributed by atoms with Crippen molar-refractivity contribution in [2.24, 2.45) is 0 Å². The standard InChI is InChI=1S/C17H20ClN3OS/c1-17(6-7-17)20-8-10-21(11-9-20)23(22)15-12-19-16(18)14-5-3-2-4-13(14)15/h2-5,12H,6-11H2,1H3. The Morgan fingerprint density at radius 1 is 1.13 bits per heavy atom. The van der Waals surface area contributed by atoms with Crippen molar-refractivity contribution in [3.05, 3.63) is 35.6 Å². The summed E-state index contributed by atoms with van der Waals surface area (Å²) in [5, 5.41) is 2.26. The highest BCUT2D eigenvalue weighted by atomic mass is 35.5. The zero-order valence-electron chi connectivity index (χ0n) is 13.2. The molecule has 0 amide bonds. The molecule has 1 aliphatic heterocycles. The number of piperazine rings is 1. The molecule has 0 spiro atoms. The van der Waals surface area contributed by atoms with E-state index in [-0.39, 0.29) is 0 Å². The Morgan fingerprint density at radius 3 is 2.43 bits per heavy atom. The molecule has 1 aliphatic carbocycles. The SMILES string of the molecule is CC1(N2CCN(S(=O)c3cnc(Cl)c4ccccc34)CC2)CC1. The summed E-state index contributed by atoms with van der Waals surface area (Å²) >= 11 is 6.17. The number of pyridine rings is 1. The largest absolute Gasteiger partial charge is 0.295 e. The molecule has 1 aromatic carbocycles. The lowest BCUT2D eigenvalue weighted by atomic mass is 10.2. The molecule has 4 rings (SSSR count). The summed E-state index contributed by atoms with van der Waals surface area (Å²) in [5.74, 6) is 0. The predicted molar refractivity (Wildman–Crippen MR) is 93.9 cm³/mol. The maximum absolute atomic E-state index is 13.0. The first-order chi connectivity index (χ1) is 11.1. The molecule has 0 N–H and O–H groups in total. The van der Waals surface area contributed by atoms with Gasteiger partial charge in [0, 0.05) is 48.7 Å². The van der Waals surface area contributed by atoms with Gasteiger partial charge in [0.25, 0.3) is 0 Å². The van der Waals surface area contributed by atoms with Crippen LogP contribution in [-0.4, -0.2) is 50.1 Å². The molecular weight excluding hydrogens is 330 g/mol. The van der Waals surface area contributed by atoms with E-state index in [0.717, 1.165) is 41.8 Å². The third-order valence-corrected chi connectivity index (χ3v) is 6.95. The van der Waals surface area contributed by atoms with Crippen LogP contribution in [0.1, 0.15) is 19.8 Å². The lowest BCUT2D eigenvalue weighted by Crippen LogP contribution is -2.50. The first kappa shape index (κ1) is 15.5. The minimum atomic E-state index is -1.19. The second-order valence-corrected chi connectivity index (χ2v) is 8.43. The summed E-state index contributed by atoms with van der Waals surface area (Å²) in [6.45, 7) is 5.97. The van der Waals surface area contributed by atoms with Crippen LogP contribution in [0.25, 0.3) is 10.8 Å². The Balaban J connectivity index is 1.57. The lowest BCUT2D eigenvalue weighted by molar-refractivity contribution is 0.134. The number of aromatic nitrogens is 1. The molecule has 1 saturated carbocycles. The van der Waals surface area contributed by atoms with Gasteiger partial charge < -0.3 is 0 Å². The second-order valence-electron chi connectivity index (χ2n) is 6.62. The molecule has 1 atom stereocenters. The fourth-order valence-electron chi connectivity index (χ4n) is 3.30. The van der Waals surface area contributed by atoms with E-state index in [2.05, 4.69) is 21.1 Å². The highest BCUT2D eigenvalue weighted by molar-refractivity contribution is 7.83. The molecule has 2 aromatic rings.